The minimum Gasteiger partial charge on any atom is -0.468 e. The van der Waals surface area contributed by atoms with Crippen LogP contribution in [0.25, 0.3) is 0 Å². The minimum atomic E-state index is 0.0933. The van der Waals surface area contributed by atoms with Gasteiger partial charge in [0.05, 0.1) is 6.26 Å². The van der Waals surface area contributed by atoms with E-state index in [1.807, 2.05) is 6.26 Å². The van der Waals surface area contributed by atoms with Gasteiger partial charge < -0.3 is 4.42 Å². The molecule has 0 aliphatic carbocycles. The minimum absolute atomic E-state index is 0.0933. The summed E-state index contributed by atoms with van der Waals surface area (Å²) in [7, 11) is 0. The quantitative estimate of drug-likeness (QED) is 0.665. The number of aryl methyl sites for hydroxylation is 1. The Hall–Kier alpha value is -0.720. The van der Waals surface area contributed by atoms with E-state index >= 15 is 0 Å². The third-order valence-corrected chi connectivity index (χ3v) is 2.68. The van der Waals surface area contributed by atoms with Crippen LogP contribution in [0.3, 0.4) is 0 Å². The van der Waals surface area contributed by atoms with Crippen molar-refractivity contribution >= 4 is 0 Å². The van der Waals surface area contributed by atoms with Crippen LogP contribution in [0.5, 0.6) is 0 Å². The predicted molar refractivity (Wildman–Crippen MR) is 65.5 cm³/mol. The maximum Gasteiger partial charge on any atom is 0.113 e. The van der Waals surface area contributed by atoms with Gasteiger partial charge in [-0.3, -0.25) is 0 Å². The number of hydrogen-bond acceptors (Lipinski definition) is 1. The second-order valence-corrected chi connectivity index (χ2v) is 6.32. The summed E-state index contributed by atoms with van der Waals surface area (Å²) in [6, 6.07) is 0. The van der Waals surface area contributed by atoms with Gasteiger partial charge in [-0.1, -0.05) is 48.5 Å². The highest BCUT2D eigenvalue weighted by Gasteiger charge is 2.30. The maximum atomic E-state index is 5.78. The first kappa shape index (κ1) is 12.4. The molecule has 0 spiro atoms. The van der Waals surface area contributed by atoms with Crippen LogP contribution in [0, 0.1) is 0 Å². The van der Waals surface area contributed by atoms with E-state index in [0.717, 1.165) is 12.2 Å². The van der Waals surface area contributed by atoms with E-state index in [0.29, 0.717) is 0 Å². The Balaban J connectivity index is 3.37. The van der Waals surface area contributed by atoms with Crippen molar-refractivity contribution in [3.05, 3.63) is 23.2 Å². The van der Waals surface area contributed by atoms with Crippen molar-refractivity contribution in [1.82, 2.24) is 0 Å². The van der Waals surface area contributed by atoms with Crippen molar-refractivity contribution in [2.75, 3.05) is 0 Å². The van der Waals surface area contributed by atoms with Crippen LogP contribution >= 0.6 is 0 Å². The lowest BCUT2D eigenvalue weighted by atomic mass is 9.78. The third-order valence-electron chi connectivity index (χ3n) is 2.68. The summed E-state index contributed by atoms with van der Waals surface area (Å²) in [5.41, 5.74) is 3.02. The lowest BCUT2D eigenvalue weighted by molar-refractivity contribution is 0.392. The first-order valence-electron chi connectivity index (χ1n) is 5.79. The van der Waals surface area contributed by atoms with Gasteiger partial charge in [-0.25, -0.2) is 0 Å². The average Bonchev–Trinajstić information content (AvgIpc) is 2.44. The van der Waals surface area contributed by atoms with E-state index < -0.39 is 0 Å². The second kappa shape index (κ2) is 3.70. The van der Waals surface area contributed by atoms with Crippen LogP contribution in [-0.4, -0.2) is 0 Å². The zero-order chi connectivity index (χ0) is 11.9. The summed E-state index contributed by atoms with van der Waals surface area (Å²) in [5.74, 6) is 1.15. The third kappa shape index (κ3) is 2.45. The smallest absolute Gasteiger partial charge is 0.113 e. The topological polar surface area (TPSA) is 13.1 Å². The molecule has 1 aromatic rings. The van der Waals surface area contributed by atoms with Crippen molar-refractivity contribution in [2.24, 2.45) is 0 Å². The van der Waals surface area contributed by atoms with Gasteiger partial charge in [0.2, 0.25) is 0 Å². The summed E-state index contributed by atoms with van der Waals surface area (Å²) in [4.78, 5) is 0. The second-order valence-electron chi connectivity index (χ2n) is 6.32. The molecule has 0 saturated heterocycles. The van der Waals surface area contributed by atoms with E-state index in [-0.39, 0.29) is 10.8 Å². The van der Waals surface area contributed by atoms with Crippen LogP contribution in [0.2, 0.25) is 0 Å². The van der Waals surface area contributed by atoms with E-state index in [9.17, 15) is 0 Å². The predicted octanol–water partition coefficient (Wildman–Crippen LogP) is 4.44. The zero-order valence-corrected chi connectivity index (χ0v) is 11.2. The van der Waals surface area contributed by atoms with Gasteiger partial charge in [0, 0.05) is 11.0 Å². The highest BCUT2D eigenvalue weighted by atomic mass is 16.3. The van der Waals surface area contributed by atoms with Gasteiger partial charge >= 0.3 is 0 Å². The van der Waals surface area contributed by atoms with E-state index in [2.05, 4.69) is 48.5 Å². The van der Waals surface area contributed by atoms with E-state index in [1.54, 1.807) is 0 Å². The molecular formula is C14H24O. The first-order chi connectivity index (χ1) is 6.68. The molecule has 1 heteroatoms. The molecule has 1 heterocycles. The lowest BCUT2D eigenvalue weighted by Crippen LogP contribution is -2.21. The average molecular weight is 208 g/mol. The highest BCUT2D eigenvalue weighted by Crippen LogP contribution is 2.37. The molecule has 0 fully saturated rings. The molecule has 0 amide bonds. The maximum absolute atomic E-state index is 5.78. The Morgan fingerprint density at radius 2 is 1.53 bits per heavy atom. The van der Waals surface area contributed by atoms with Crippen LogP contribution in [0.1, 0.15) is 65.4 Å². The Bertz CT molecular complexity index is 331. The Morgan fingerprint density at radius 1 is 1.00 bits per heavy atom. The fourth-order valence-corrected chi connectivity index (χ4v) is 2.03. The summed E-state index contributed by atoms with van der Waals surface area (Å²) in [5, 5.41) is 0. The van der Waals surface area contributed by atoms with Crippen molar-refractivity contribution in [2.45, 2.75) is 65.7 Å². The fraction of sp³-hybridized carbons (Fsp3) is 0.714. The van der Waals surface area contributed by atoms with Crippen LogP contribution in [0.15, 0.2) is 10.7 Å². The molecule has 0 bridgehead atoms. The Morgan fingerprint density at radius 3 is 1.87 bits per heavy atom. The highest BCUT2D eigenvalue weighted by molar-refractivity contribution is 5.37. The molecule has 15 heavy (non-hydrogen) atoms. The first-order valence-corrected chi connectivity index (χ1v) is 5.79. The Kier molecular flexibility index (Phi) is 3.04. The van der Waals surface area contributed by atoms with E-state index in [1.165, 1.54) is 11.1 Å². The van der Waals surface area contributed by atoms with Crippen LogP contribution < -0.4 is 0 Å². The van der Waals surface area contributed by atoms with Crippen LogP contribution in [-0.2, 0) is 17.3 Å². The molecule has 0 aliphatic rings. The number of rotatable bonds is 1. The van der Waals surface area contributed by atoms with E-state index in [4.69, 9.17) is 4.42 Å². The van der Waals surface area contributed by atoms with Crippen molar-refractivity contribution in [3.8, 4) is 0 Å². The molecule has 0 N–H and O–H groups in total. The molecule has 0 saturated carbocycles. The van der Waals surface area contributed by atoms with Crippen molar-refractivity contribution in [3.63, 3.8) is 0 Å². The molecule has 0 radical (unpaired) electrons. The lowest BCUT2D eigenvalue weighted by Gasteiger charge is -2.26. The molecule has 86 valence electrons. The number of hydrogen-bond donors (Lipinski definition) is 0. The molecule has 0 unspecified atom stereocenters. The summed E-state index contributed by atoms with van der Waals surface area (Å²) in [6.45, 7) is 15.6. The largest absolute Gasteiger partial charge is 0.468 e. The molecule has 1 rings (SSSR count). The van der Waals surface area contributed by atoms with Gasteiger partial charge in [-0.15, -0.1) is 0 Å². The van der Waals surface area contributed by atoms with Gasteiger partial charge in [0.1, 0.15) is 5.76 Å². The molecule has 0 atom stereocenters. The van der Waals surface area contributed by atoms with Crippen LogP contribution in [0.4, 0.5) is 0 Å². The molecule has 0 aliphatic heterocycles. The van der Waals surface area contributed by atoms with Gasteiger partial charge in [0.15, 0.2) is 0 Å². The summed E-state index contributed by atoms with van der Waals surface area (Å²) >= 11 is 0. The molecular weight excluding hydrogens is 184 g/mol. The Labute approximate surface area is 93.9 Å². The number of furan rings is 1. The molecule has 1 aromatic heterocycles. The van der Waals surface area contributed by atoms with Crippen molar-refractivity contribution in [1.29, 1.82) is 0 Å². The normalized spacial score (nSPS) is 13.3. The molecule has 1 nitrogen and oxygen atoms in total. The summed E-state index contributed by atoms with van der Waals surface area (Å²) in [6.07, 6.45) is 2.98. The fourth-order valence-electron chi connectivity index (χ4n) is 2.03. The molecule has 0 aromatic carbocycles. The zero-order valence-electron chi connectivity index (χ0n) is 11.2. The van der Waals surface area contributed by atoms with Gasteiger partial charge in [-0.2, -0.15) is 0 Å². The van der Waals surface area contributed by atoms with Crippen molar-refractivity contribution < 1.29 is 4.42 Å². The SMILES string of the molecule is CCc1coc(C(C)(C)C)c1C(C)(C)C. The standard InChI is InChI=1S/C14H24O/c1-8-10-9-15-12(14(5,6)7)11(10)13(2,3)4/h9H,8H2,1-7H3. The summed E-state index contributed by atoms with van der Waals surface area (Å²) < 4.78 is 5.78. The van der Waals surface area contributed by atoms with Gasteiger partial charge in [-0.05, 0) is 17.4 Å². The van der Waals surface area contributed by atoms with Gasteiger partial charge in [0.25, 0.3) is 0 Å². The monoisotopic (exact) mass is 208 g/mol.